The molecule has 1 aromatic carbocycles. The summed E-state index contributed by atoms with van der Waals surface area (Å²) in [5, 5.41) is 7.80. The Labute approximate surface area is 119 Å². The quantitative estimate of drug-likeness (QED) is 0.619. The topological polar surface area (TPSA) is 70.9 Å². The number of rotatable bonds is 6. The summed E-state index contributed by atoms with van der Waals surface area (Å²) in [5.41, 5.74) is 6.83. The van der Waals surface area contributed by atoms with E-state index in [1.165, 1.54) is 0 Å². The van der Waals surface area contributed by atoms with Gasteiger partial charge in [0.15, 0.2) is 0 Å². The van der Waals surface area contributed by atoms with Crippen LogP contribution in [0.3, 0.4) is 0 Å². The van der Waals surface area contributed by atoms with Gasteiger partial charge in [-0.2, -0.15) is 0 Å². The van der Waals surface area contributed by atoms with Crippen LogP contribution in [0.25, 0.3) is 0 Å². The number of hydrogen-bond acceptors (Lipinski definition) is 3. The Balaban J connectivity index is 2.05. The van der Waals surface area contributed by atoms with Gasteiger partial charge in [0.2, 0.25) is 0 Å². The third kappa shape index (κ3) is 3.45. The predicted molar refractivity (Wildman–Crippen MR) is 80.6 cm³/mol. The van der Waals surface area contributed by atoms with Gasteiger partial charge in [0.1, 0.15) is 5.82 Å². The number of aryl methyl sites for hydroxylation is 1. The van der Waals surface area contributed by atoms with Gasteiger partial charge < -0.3 is 10.3 Å². The molecule has 0 aliphatic carbocycles. The van der Waals surface area contributed by atoms with Crippen LogP contribution >= 0.6 is 0 Å². The van der Waals surface area contributed by atoms with Crippen molar-refractivity contribution < 1.29 is 0 Å². The summed E-state index contributed by atoms with van der Waals surface area (Å²) in [7, 11) is 4.00. The Morgan fingerprint density at radius 2 is 2.10 bits per heavy atom. The fourth-order valence-corrected chi connectivity index (χ4v) is 2.24. The molecule has 0 saturated carbocycles. The molecule has 0 spiro atoms. The summed E-state index contributed by atoms with van der Waals surface area (Å²) in [5.74, 6) is 1.12. The lowest BCUT2D eigenvalue weighted by Gasteiger charge is -2.23. The monoisotopic (exact) mass is 271 g/mol. The van der Waals surface area contributed by atoms with Crippen LogP contribution in [0.2, 0.25) is 0 Å². The Bertz CT molecular complexity index is 561. The Kier molecular flexibility index (Phi) is 4.53. The highest BCUT2D eigenvalue weighted by Crippen LogP contribution is 2.17. The van der Waals surface area contributed by atoms with E-state index in [0.717, 1.165) is 17.9 Å². The molecule has 3 N–H and O–H groups in total. The largest absolute Gasteiger partial charge is 0.387 e. The molecule has 1 aromatic heterocycles. The van der Waals surface area contributed by atoms with Crippen molar-refractivity contribution in [3.05, 3.63) is 54.1 Å². The minimum atomic E-state index is -0.0820. The highest BCUT2D eigenvalue weighted by atomic mass is 15.2. The first-order chi connectivity index (χ1) is 9.58. The number of likely N-dealkylation sites (N-methyl/N-ethyl adjacent to an activating group) is 1. The van der Waals surface area contributed by atoms with Gasteiger partial charge in [0.25, 0.3) is 0 Å². The van der Waals surface area contributed by atoms with E-state index in [0.29, 0.717) is 6.54 Å². The first-order valence-electron chi connectivity index (χ1n) is 6.61. The van der Waals surface area contributed by atoms with Crippen LogP contribution in [0.5, 0.6) is 0 Å². The first-order valence-corrected chi connectivity index (χ1v) is 6.61. The molecule has 0 bridgehead atoms. The van der Waals surface area contributed by atoms with Crippen molar-refractivity contribution in [3.8, 4) is 0 Å². The van der Waals surface area contributed by atoms with Crippen LogP contribution in [0, 0.1) is 5.41 Å². The molecule has 1 heterocycles. The lowest BCUT2D eigenvalue weighted by atomic mass is 9.97. The van der Waals surface area contributed by atoms with E-state index in [1.54, 1.807) is 6.20 Å². The minimum Gasteiger partial charge on any atom is -0.387 e. The average molecular weight is 271 g/mol. The summed E-state index contributed by atoms with van der Waals surface area (Å²) in [6, 6.07) is 9.95. The second kappa shape index (κ2) is 6.34. The van der Waals surface area contributed by atoms with Crippen LogP contribution < -0.4 is 5.73 Å². The third-order valence-electron chi connectivity index (χ3n) is 3.40. The van der Waals surface area contributed by atoms with Crippen molar-refractivity contribution in [3.63, 3.8) is 0 Å². The summed E-state index contributed by atoms with van der Waals surface area (Å²) < 4.78 is 2.00. The molecule has 5 nitrogen and oxygen atoms in total. The fraction of sp³-hybridized carbons (Fsp3) is 0.333. The predicted octanol–water partition coefficient (Wildman–Crippen LogP) is 1.57. The summed E-state index contributed by atoms with van der Waals surface area (Å²) >= 11 is 0. The second-order valence-electron chi connectivity index (χ2n) is 5.07. The average Bonchev–Trinajstić information content (AvgIpc) is 2.82. The normalized spacial score (nSPS) is 12.6. The minimum absolute atomic E-state index is 0.0820. The van der Waals surface area contributed by atoms with E-state index in [4.69, 9.17) is 11.1 Å². The van der Waals surface area contributed by atoms with Crippen LogP contribution in [0.1, 0.15) is 17.3 Å². The second-order valence-corrected chi connectivity index (χ2v) is 5.07. The highest BCUT2D eigenvalue weighted by molar-refractivity contribution is 5.84. The van der Waals surface area contributed by atoms with Crippen LogP contribution in [0.15, 0.2) is 42.7 Å². The molecule has 0 aliphatic heterocycles. The SMILES string of the molecule is CN(Cc1nccn1C)CC(C(=N)N)c1ccccc1. The number of amidine groups is 1. The maximum Gasteiger partial charge on any atom is 0.122 e. The molecule has 5 heteroatoms. The standard InChI is InChI=1S/C15H21N5/c1-19(11-14-18-8-9-20(14)2)10-13(15(16)17)12-6-4-3-5-7-12/h3-9,13H,10-11H2,1-2H3,(H3,16,17). The zero-order chi connectivity index (χ0) is 14.5. The number of nitrogens with zero attached hydrogens (tertiary/aromatic N) is 3. The van der Waals surface area contributed by atoms with Crippen LogP contribution in [-0.2, 0) is 13.6 Å². The van der Waals surface area contributed by atoms with Gasteiger partial charge in [-0.15, -0.1) is 0 Å². The highest BCUT2D eigenvalue weighted by Gasteiger charge is 2.17. The van der Waals surface area contributed by atoms with Gasteiger partial charge in [0, 0.05) is 26.0 Å². The Hall–Kier alpha value is -2.14. The van der Waals surface area contributed by atoms with Crippen molar-refractivity contribution in [1.29, 1.82) is 5.41 Å². The summed E-state index contributed by atoms with van der Waals surface area (Å²) in [6.45, 7) is 1.44. The molecule has 0 aliphatic rings. The van der Waals surface area contributed by atoms with E-state index < -0.39 is 0 Å². The lowest BCUT2D eigenvalue weighted by Crippen LogP contribution is -2.32. The number of benzene rings is 1. The molecular formula is C15H21N5. The van der Waals surface area contributed by atoms with E-state index in [9.17, 15) is 0 Å². The van der Waals surface area contributed by atoms with E-state index in [2.05, 4.69) is 9.88 Å². The molecule has 106 valence electrons. The Morgan fingerprint density at radius 3 is 2.65 bits per heavy atom. The zero-order valence-electron chi connectivity index (χ0n) is 12.0. The van der Waals surface area contributed by atoms with E-state index in [-0.39, 0.29) is 11.8 Å². The van der Waals surface area contributed by atoms with Gasteiger partial charge >= 0.3 is 0 Å². The lowest BCUT2D eigenvalue weighted by molar-refractivity contribution is 0.311. The molecule has 20 heavy (non-hydrogen) atoms. The van der Waals surface area contributed by atoms with Crippen molar-refractivity contribution in [1.82, 2.24) is 14.5 Å². The number of nitrogens with two attached hydrogens (primary N) is 1. The molecule has 0 saturated heterocycles. The number of imidazole rings is 1. The molecule has 0 amide bonds. The molecule has 1 unspecified atom stereocenters. The first kappa shape index (κ1) is 14.3. The number of nitrogens with one attached hydrogen (secondary N) is 1. The van der Waals surface area contributed by atoms with E-state index >= 15 is 0 Å². The van der Waals surface area contributed by atoms with Gasteiger partial charge in [0.05, 0.1) is 18.3 Å². The van der Waals surface area contributed by atoms with Crippen molar-refractivity contribution in [2.75, 3.05) is 13.6 Å². The zero-order valence-corrected chi connectivity index (χ0v) is 12.0. The van der Waals surface area contributed by atoms with E-state index in [1.807, 2.05) is 55.2 Å². The van der Waals surface area contributed by atoms with Crippen molar-refractivity contribution in [2.24, 2.45) is 12.8 Å². The fourth-order valence-electron chi connectivity index (χ4n) is 2.24. The number of aromatic nitrogens is 2. The van der Waals surface area contributed by atoms with Gasteiger partial charge in [-0.1, -0.05) is 30.3 Å². The van der Waals surface area contributed by atoms with Gasteiger partial charge in [-0.3, -0.25) is 10.3 Å². The van der Waals surface area contributed by atoms with Crippen molar-refractivity contribution in [2.45, 2.75) is 12.5 Å². The van der Waals surface area contributed by atoms with Crippen LogP contribution in [-0.4, -0.2) is 33.9 Å². The molecule has 1 atom stereocenters. The molecular weight excluding hydrogens is 250 g/mol. The molecule has 0 fully saturated rings. The van der Waals surface area contributed by atoms with Gasteiger partial charge in [-0.05, 0) is 12.6 Å². The number of hydrogen-bond donors (Lipinski definition) is 2. The third-order valence-corrected chi connectivity index (χ3v) is 3.40. The maximum atomic E-state index is 7.80. The molecule has 2 aromatic rings. The summed E-state index contributed by atoms with van der Waals surface area (Å²) in [4.78, 5) is 6.46. The Morgan fingerprint density at radius 1 is 1.40 bits per heavy atom. The molecule has 2 rings (SSSR count). The van der Waals surface area contributed by atoms with Crippen molar-refractivity contribution >= 4 is 5.84 Å². The van der Waals surface area contributed by atoms with Gasteiger partial charge in [-0.25, -0.2) is 4.98 Å². The maximum absolute atomic E-state index is 7.80. The smallest absolute Gasteiger partial charge is 0.122 e. The summed E-state index contributed by atoms with van der Waals surface area (Å²) in [6.07, 6.45) is 3.73. The molecule has 0 radical (unpaired) electrons. The van der Waals surface area contributed by atoms with Crippen LogP contribution in [0.4, 0.5) is 0 Å².